The zero-order chi connectivity index (χ0) is 18.1. The Morgan fingerprint density at radius 1 is 1.19 bits per heavy atom. The lowest BCUT2D eigenvalue weighted by molar-refractivity contribution is 0.0771. The third kappa shape index (κ3) is 3.47. The molecule has 0 aliphatic carbocycles. The van der Waals surface area contributed by atoms with Crippen LogP contribution in [-0.2, 0) is 6.54 Å². The van der Waals surface area contributed by atoms with Crippen LogP contribution >= 0.6 is 0 Å². The summed E-state index contributed by atoms with van der Waals surface area (Å²) >= 11 is 0. The summed E-state index contributed by atoms with van der Waals surface area (Å²) in [6, 6.07) is 2.43. The van der Waals surface area contributed by atoms with E-state index in [9.17, 15) is 4.79 Å². The van der Waals surface area contributed by atoms with Gasteiger partial charge in [0.15, 0.2) is 5.65 Å². The van der Waals surface area contributed by atoms with E-state index in [1.165, 1.54) is 32.4 Å². The fraction of sp³-hybridized carbons (Fsp3) is 0.650. The van der Waals surface area contributed by atoms with E-state index in [2.05, 4.69) is 33.3 Å². The standard InChI is InChI=1S/C20H29N5O/c1-15(2)12-25-14-22-18-10-16(11-21-19(18)25)20(26)24-9-6-17(13-24)23-7-4-3-5-8-23/h10-11,14-15,17H,3-9,12-13H2,1-2H3. The van der Waals surface area contributed by atoms with E-state index < -0.39 is 0 Å². The Balaban J connectivity index is 1.46. The van der Waals surface area contributed by atoms with Crippen molar-refractivity contribution in [1.29, 1.82) is 0 Å². The number of nitrogens with zero attached hydrogens (tertiary/aromatic N) is 5. The average molecular weight is 355 g/mol. The molecule has 0 radical (unpaired) electrons. The lowest BCUT2D eigenvalue weighted by Gasteiger charge is -2.32. The zero-order valence-electron chi connectivity index (χ0n) is 15.9. The Morgan fingerprint density at radius 2 is 2.00 bits per heavy atom. The van der Waals surface area contributed by atoms with Crippen LogP contribution in [0.3, 0.4) is 0 Å². The maximum Gasteiger partial charge on any atom is 0.255 e. The van der Waals surface area contributed by atoms with Gasteiger partial charge in [-0.25, -0.2) is 9.97 Å². The van der Waals surface area contributed by atoms with Crippen molar-refractivity contribution >= 4 is 17.1 Å². The second-order valence-electron chi connectivity index (χ2n) is 8.15. The summed E-state index contributed by atoms with van der Waals surface area (Å²) in [5, 5.41) is 0. The molecule has 140 valence electrons. The summed E-state index contributed by atoms with van der Waals surface area (Å²) in [6.07, 6.45) is 8.57. The molecule has 0 saturated carbocycles. The molecule has 0 N–H and O–H groups in total. The molecule has 6 nitrogen and oxygen atoms in total. The van der Waals surface area contributed by atoms with Gasteiger partial charge in [-0.2, -0.15) is 0 Å². The molecule has 2 aromatic rings. The first-order chi connectivity index (χ1) is 12.6. The number of amides is 1. The number of pyridine rings is 1. The number of imidazole rings is 1. The molecule has 1 amide bonds. The second-order valence-corrected chi connectivity index (χ2v) is 8.15. The second kappa shape index (κ2) is 7.35. The van der Waals surface area contributed by atoms with E-state index >= 15 is 0 Å². The third-order valence-corrected chi connectivity index (χ3v) is 5.62. The minimum Gasteiger partial charge on any atom is -0.337 e. The Hall–Kier alpha value is -1.95. The maximum absolute atomic E-state index is 12.9. The number of hydrogen-bond acceptors (Lipinski definition) is 4. The number of fused-ring (bicyclic) bond motifs is 1. The number of likely N-dealkylation sites (tertiary alicyclic amines) is 2. The minimum atomic E-state index is 0.0947. The van der Waals surface area contributed by atoms with E-state index in [1.54, 1.807) is 6.20 Å². The van der Waals surface area contributed by atoms with Gasteiger partial charge >= 0.3 is 0 Å². The number of carbonyl (C=O) groups excluding carboxylic acids is 1. The van der Waals surface area contributed by atoms with Gasteiger partial charge in [0.25, 0.3) is 5.91 Å². The summed E-state index contributed by atoms with van der Waals surface area (Å²) in [5.41, 5.74) is 2.33. The van der Waals surface area contributed by atoms with Crippen LogP contribution in [0, 0.1) is 5.92 Å². The Bertz CT molecular complexity index is 778. The van der Waals surface area contributed by atoms with Crippen LogP contribution < -0.4 is 0 Å². The van der Waals surface area contributed by atoms with Gasteiger partial charge in [0, 0.05) is 31.9 Å². The Kier molecular flexibility index (Phi) is 4.94. The molecule has 0 aromatic carbocycles. The van der Waals surface area contributed by atoms with Crippen molar-refractivity contribution in [3.8, 4) is 0 Å². The van der Waals surface area contributed by atoms with Gasteiger partial charge in [-0.1, -0.05) is 20.3 Å². The average Bonchev–Trinajstić information content (AvgIpc) is 3.29. The molecule has 1 unspecified atom stereocenters. The Labute approximate surface area is 155 Å². The summed E-state index contributed by atoms with van der Waals surface area (Å²) in [7, 11) is 0. The lowest BCUT2D eigenvalue weighted by atomic mass is 10.1. The summed E-state index contributed by atoms with van der Waals surface area (Å²) in [5.74, 6) is 0.629. The van der Waals surface area contributed by atoms with Gasteiger partial charge in [0.05, 0.1) is 11.9 Å². The lowest BCUT2D eigenvalue weighted by Crippen LogP contribution is -2.41. The van der Waals surface area contributed by atoms with Gasteiger partial charge < -0.3 is 9.47 Å². The molecule has 0 bridgehead atoms. The normalized spacial score (nSPS) is 21.8. The SMILES string of the molecule is CC(C)Cn1cnc2cc(C(=O)N3CCC(N4CCCCC4)C3)cnc21. The van der Waals surface area contributed by atoms with E-state index in [-0.39, 0.29) is 5.91 Å². The molecule has 6 heteroatoms. The molecule has 2 aliphatic rings. The van der Waals surface area contributed by atoms with E-state index in [1.807, 2.05) is 17.3 Å². The van der Waals surface area contributed by atoms with Gasteiger partial charge in [0.1, 0.15) is 5.52 Å². The monoisotopic (exact) mass is 355 g/mol. The molecule has 2 aromatic heterocycles. The fourth-order valence-electron chi connectivity index (χ4n) is 4.28. The first-order valence-corrected chi connectivity index (χ1v) is 9.96. The van der Waals surface area contributed by atoms with Crippen molar-refractivity contribution in [2.24, 2.45) is 5.92 Å². The molecule has 2 saturated heterocycles. The molecular weight excluding hydrogens is 326 g/mol. The highest BCUT2D eigenvalue weighted by Gasteiger charge is 2.31. The molecule has 1 atom stereocenters. The van der Waals surface area contributed by atoms with Gasteiger partial charge in [-0.3, -0.25) is 9.69 Å². The van der Waals surface area contributed by atoms with Crippen molar-refractivity contribution in [1.82, 2.24) is 24.3 Å². The summed E-state index contributed by atoms with van der Waals surface area (Å²) in [4.78, 5) is 26.5. The van der Waals surface area contributed by atoms with Crippen LogP contribution in [0.1, 0.15) is 49.9 Å². The highest BCUT2D eigenvalue weighted by atomic mass is 16.2. The number of aromatic nitrogens is 3. The summed E-state index contributed by atoms with van der Waals surface area (Å²) in [6.45, 7) is 9.31. The topological polar surface area (TPSA) is 54.3 Å². The molecule has 4 rings (SSSR count). The third-order valence-electron chi connectivity index (χ3n) is 5.62. The minimum absolute atomic E-state index is 0.0947. The van der Waals surface area contributed by atoms with Crippen molar-refractivity contribution < 1.29 is 4.79 Å². The van der Waals surface area contributed by atoms with Crippen LogP contribution in [0.4, 0.5) is 0 Å². The number of rotatable bonds is 4. The van der Waals surface area contributed by atoms with Gasteiger partial charge in [-0.15, -0.1) is 0 Å². The van der Waals surface area contributed by atoms with Crippen LogP contribution in [-0.4, -0.2) is 62.5 Å². The van der Waals surface area contributed by atoms with E-state index in [4.69, 9.17) is 0 Å². The molecule has 26 heavy (non-hydrogen) atoms. The fourth-order valence-corrected chi connectivity index (χ4v) is 4.28. The highest BCUT2D eigenvalue weighted by Crippen LogP contribution is 2.22. The highest BCUT2D eigenvalue weighted by molar-refractivity contribution is 5.96. The first kappa shape index (κ1) is 17.5. The quantitative estimate of drug-likeness (QED) is 0.846. The molecule has 0 spiro atoms. The Morgan fingerprint density at radius 3 is 2.77 bits per heavy atom. The van der Waals surface area contributed by atoms with E-state index in [0.29, 0.717) is 17.5 Å². The summed E-state index contributed by atoms with van der Waals surface area (Å²) < 4.78 is 2.07. The predicted molar refractivity (Wildman–Crippen MR) is 102 cm³/mol. The molecule has 2 aliphatic heterocycles. The van der Waals surface area contributed by atoms with Gasteiger partial charge in [-0.05, 0) is 44.3 Å². The van der Waals surface area contributed by atoms with Crippen LogP contribution in [0.15, 0.2) is 18.6 Å². The largest absolute Gasteiger partial charge is 0.337 e. The smallest absolute Gasteiger partial charge is 0.255 e. The number of carbonyl (C=O) groups is 1. The van der Waals surface area contributed by atoms with Crippen molar-refractivity contribution in [2.45, 2.75) is 52.1 Å². The van der Waals surface area contributed by atoms with Gasteiger partial charge in [0.2, 0.25) is 0 Å². The molecular formula is C20H29N5O. The zero-order valence-corrected chi connectivity index (χ0v) is 15.9. The van der Waals surface area contributed by atoms with Crippen molar-refractivity contribution in [3.63, 3.8) is 0 Å². The van der Waals surface area contributed by atoms with Crippen molar-refractivity contribution in [2.75, 3.05) is 26.2 Å². The van der Waals surface area contributed by atoms with Crippen molar-refractivity contribution in [3.05, 3.63) is 24.2 Å². The van der Waals surface area contributed by atoms with Crippen LogP contribution in [0.2, 0.25) is 0 Å². The molecule has 4 heterocycles. The van der Waals surface area contributed by atoms with E-state index in [0.717, 1.165) is 37.2 Å². The van der Waals surface area contributed by atoms with Crippen LogP contribution in [0.25, 0.3) is 11.2 Å². The number of piperidine rings is 1. The molecule has 2 fully saturated rings. The maximum atomic E-state index is 12.9. The first-order valence-electron chi connectivity index (χ1n) is 9.96. The number of hydrogen-bond donors (Lipinski definition) is 0. The predicted octanol–water partition coefficient (Wildman–Crippen LogP) is 2.79. The van der Waals surface area contributed by atoms with Crippen LogP contribution in [0.5, 0.6) is 0 Å².